The molecule has 5 nitrogen and oxygen atoms in total. The van der Waals surface area contributed by atoms with Crippen LogP contribution in [0.25, 0.3) is 0 Å². The summed E-state index contributed by atoms with van der Waals surface area (Å²) >= 11 is 0. The van der Waals surface area contributed by atoms with Gasteiger partial charge in [0.05, 0.1) is 18.2 Å². The number of ether oxygens (including phenoxy) is 1. The van der Waals surface area contributed by atoms with Gasteiger partial charge in [-0.3, -0.25) is 15.0 Å². The molecule has 1 aromatic rings. The first-order valence-electron chi connectivity index (χ1n) is 6.22. The summed E-state index contributed by atoms with van der Waals surface area (Å²) in [6, 6.07) is 6.82. The lowest BCUT2D eigenvalue weighted by Gasteiger charge is -2.34. The highest BCUT2D eigenvalue weighted by atomic mass is 16.5. The third-order valence-electron chi connectivity index (χ3n) is 2.63. The van der Waals surface area contributed by atoms with E-state index in [1.807, 2.05) is 20.8 Å². The van der Waals surface area contributed by atoms with Crippen molar-refractivity contribution in [3.63, 3.8) is 0 Å². The van der Waals surface area contributed by atoms with Crippen LogP contribution in [0.5, 0.6) is 5.75 Å². The molecule has 0 radical (unpaired) electrons. The molecule has 1 N–H and O–H groups in total. The summed E-state index contributed by atoms with van der Waals surface area (Å²) in [6.45, 7) is 8.89. The number of para-hydroxylation sites is 1. The Hall–Kier alpha value is -2.30. The number of nitrogens with one attached hydrogen (secondary N) is 1. The summed E-state index contributed by atoms with van der Waals surface area (Å²) in [6.07, 6.45) is 1.16. The molecule has 1 aromatic carbocycles. The molecular formula is C15H20N2O3. The molecule has 0 heterocycles. The van der Waals surface area contributed by atoms with Crippen LogP contribution in [0.1, 0.15) is 31.1 Å². The molecule has 0 aromatic heterocycles. The third kappa shape index (κ3) is 3.60. The number of benzene rings is 1. The minimum absolute atomic E-state index is 0.362. The van der Waals surface area contributed by atoms with Crippen molar-refractivity contribution in [1.29, 1.82) is 0 Å². The second-order valence-corrected chi connectivity index (χ2v) is 5.19. The highest BCUT2D eigenvalue weighted by molar-refractivity contribution is 5.99. The zero-order valence-corrected chi connectivity index (χ0v) is 12.3. The molecule has 20 heavy (non-hydrogen) atoms. The van der Waals surface area contributed by atoms with E-state index in [-0.39, 0.29) is 5.91 Å². The van der Waals surface area contributed by atoms with Gasteiger partial charge in [0.25, 0.3) is 11.8 Å². The molecule has 0 saturated carbocycles. The first-order chi connectivity index (χ1) is 9.31. The largest absolute Gasteiger partial charge is 0.496 e. The zero-order chi connectivity index (χ0) is 15.3. The van der Waals surface area contributed by atoms with Gasteiger partial charge in [-0.05, 0) is 39.0 Å². The summed E-state index contributed by atoms with van der Waals surface area (Å²) in [5, 5.41) is 1.24. The molecule has 108 valence electrons. The summed E-state index contributed by atoms with van der Waals surface area (Å²) < 4.78 is 5.14. The van der Waals surface area contributed by atoms with Crippen LogP contribution >= 0.6 is 0 Å². The second kappa shape index (κ2) is 6.23. The molecule has 0 aliphatic rings. The number of amides is 2. The van der Waals surface area contributed by atoms with Gasteiger partial charge in [-0.15, -0.1) is 0 Å². The third-order valence-corrected chi connectivity index (χ3v) is 2.63. The van der Waals surface area contributed by atoms with Crippen molar-refractivity contribution < 1.29 is 14.3 Å². The number of nitrogens with zero attached hydrogens (tertiary/aromatic N) is 1. The Kier molecular flexibility index (Phi) is 4.91. The predicted molar refractivity (Wildman–Crippen MR) is 77.3 cm³/mol. The number of hydrogen-bond donors (Lipinski definition) is 1. The number of carbonyl (C=O) groups is 2. The molecule has 0 aliphatic carbocycles. The van der Waals surface area contributed by atoms with Crippen LogP contribution in [-0.4, -0.2) is 29.5 Å². The Bertz CT molecular complexity index is 518. The number of carbonyl (C=O) groups excluding carboxylic acids is 2. The van der Waals surface area contributed by atoms with E-state index in [0.29, 0.717) is 11.3 Å². The maximum absolute atomic E-state index is 12.3. The smallest absolute Gasteiger partial charge is 0.273 e. The summed E-state index contributed by atoms with van der Waals surface area (Å²) in [4.78, 5) is 24.1. The number of methoxy groups -OCH3 is 1. The lowest BCUT2D eigenvalue weighted by atomic mass is 10.1. The lowest BCUT2D eigenvalue weighted by Crippen LogP contribution is -2.55. The van der Waals surface area contributed by atoms with Crippen molar-refractivity contribution in [1.82, 2.24) is 10.4 Å². The SMILES string of the molecule is C=CC(=O)N(NC(=O)c1ccccc1OC)C(C)(C)C. The highest BCUT2D eigenvalue weighted by Crippen LogP contribution is 2.18. The topological polar surface area (TPSA) is 58.6 Å². The van der Waals surface area contributed by atoms with E-state index in [0.717, 1.165) is 6.08 Å². The fourth-order valence-electron chi connectivity index (χ4n) is 1.64. The molecule has 0 bridgehead atoms. The molecule has 5 heteroatoms. The van der Waals surface area contributed by atoms with Crippen molar-refractivity contribution in [2.45, 2.75) is 26.3 Å². The van der Waals surface area contributed by atoms with E-state index in [2.05, 4.69) is 12.0 Å². The number of hydrazine groups is 1. The van der Waals surface area contributed by atoms with E-state index < -0.39 is 11.4 Å². The maximum atomic E-state index is 12.3. The van der Waals surface area contributed by atoms with Crippen molar-refractivity contribution in [2.75, 3.05) is 7.11 Å². The van der Waals surface area contributed by atoms with Gasteiger partial charge in [-0.2, -0.15) is 0 Å². The van der Waals surface area contributed by atoms with Gasteiger partial charge in [-0.25, -0.2) is 5.01 Å². The first kappa shape index (κ1) is 15.8. The standard InChI is InChI=1S/C15H20N2O3/c1-6-13(18)17(15(2,3)4)16-14(19)11-9-7-8-10-12(11)20-5/h6-10H,1H2,2-5H3,(H,16,19). The van der Waals surface area contributed by atoms with Gasteiger partial charge in [-0.1, -0.05) is 18.7 Å². The average Bonchev–Trinajstić information content (AvgIpc) is 2.42. The number of rotatable bonds is 3. The Morgan fingerprint density at radius 2 is 1.90 bits per heavy atom. The van der Waals surface area contributed by atoms with Crippen molar-refractivity contribution >= 4 is 11.8 Å². The van der Waals surface area contributed by atoms with Crippen molar-refractivity contribution in [3.8, 4) is 5.75 Å². The second-order valence-electron chi connectivity index (χ2n) is 5.19. The highest BCUT2D eigenvalue weighted by Gasteiger charge is 2.27. The summed E-state index contributed by atoms with van der Waals surface area (Å²) in [5.74, 6) is -0.335. The molecule has 0 aliphatic heterocycles. The molecule has 2 amide bonds. The zero-order valence-electron chi connectivity index (χ0n) is 12.3. The van der Waals surface area contributed by atoms with Crippen molar-refractivity contribution in [3.05, 3.63) is 42.5 Å². The van der Waals surface area contributed by atoms with Gasteiger partial charge in [0.15, 0.2) is 0 Å². The van der Waals surface area contributed by atoms with Crippen LogP contribution < -0.4 is 10.2 Å². The quantitative estimate of drug-likeness (QED) is 0.680. The Morgan fingerprint density at radius 3 is 2.40 bits per heavy atom. The molecule has 0 atom stereocenters. The van der Waals surface area contributed by atoms with Crippen LogP contribution in [0, 0.1) is 0 Å². The molecule has 0 unspecified atom stereocenters. The van der Waals surface area contributed by atoms with E-state index >= 15 is 0 Å². The van der Waals surface area contributed by atoms with Crippen LogP contribution in [0.4, 0.5) is 0 Å². The summed E-state index contributed by atoms with van der Waals surface area (Å²) in [7, 11) is 1.49. The Labute approximate surface area is 119 Å². The van der Waals surface area contributed by atoms with Gasteiger partial charge in [0.2, 0.25) is 0 Å². The Morgan fingerprint density at radius 1 is 1.30 bits per heavy atom. The lowest BCUT2D eigenvalue weighted by molar-refractivity contribution is -0.133. The molecule has 0 saturated heterocycles. The van der Waals surface area contributed by atoms with E-state index in [4.69, 9.17) is 4.74 Å². The van der Waals surface area contributed by atoms with Crippen LogP contribution in [0.15, 0.2) is 36.9 Å². The molecule has 0 spiro atoms. The fourth-order valence-corrected chi connectivity index (χ4v) is 1.64. The monoisotopic (exact) mass is 276 g/mol. The van der Waals surface area contributed by atoms with Gasteiger partial charge in [0.1, 0.15) is 5.75 Å². The number of hydrogen-bond acceptors (Lipinski definition) is 3. The van der Waals surface area contributed by atoms with E-state index in [1.165, 1.54) is 12.1 Å². The van der Waals surface area contributed by atoms with E-state index in [9.17, 15) is 9.59 Å². The van der Waals surface area contributed by atoms with Gasteiger partial charge in [0, 0.05) is 0 Å². The molecular weight excluding hydrogens is 256 g/mol. The van der Waals surface area contributed by atoms with Crippen LogP contribution in [0.2, 0.25) is 0 Å². The average molecular weight is 276 g/mol. The minimum atomic E-state index is -0.567. The first-order valence-corrected chi connectivity index (χ1v) is 6.22. The maximum Gasteiger partial charge on any atom is 0.273 e. The predicted octanol–water partition coefficient (Wildman–Crippen LogP) is 2.15. The Balaban J connectivity index is 3.03. The normalized spacial score (nSPS) is 10.6. The van der Waals surface area contributed by atoms with Crippen molar-refractivity contribution in [2.24, 2.45) is 0 Å². The fraction of sp³-hybridized carbons (Fsp3) is 0.333. The van der Waals surface area contributed by atoms with Gasteiger partial charge >= 0.3 is 0 Å². The van der Waals surface area contributed by atoms with Crippen LogP contribution in [-0.2, 0) is 4.79 Å². The molecule has 1 rings (SSSR count). The summed E-state index contributed by atoms with van der Waals surface area (Å²) in [5.41, 5.74) is 2.39. The van der Waals surface area contributed by atoms with Crippen LogP contribution in [0.3, 0.4) is 0 Å². The minimum Gasteiger partial charge on any atom is -0.496 e. The molecule has 0 fully saturated rings. The van der Waals surface area contributed by atoms with E-state index in [1.54, 1.807) is 24.3 Å². The van der Waals surface area contributed by atoms with Gasteiger partial charge < -0.3 is 4.74 Å².